The van der Waals surface area contributed by atoms with Crippen LogP contribution in [0.5, 0.6) is 11.5 Å². The van der Waals surface area contributed by atoms with E-state index in [-0.39, 0.29) is 11.7 Å². The number of benzene rings is 1. The van der Waals surface area contributed by atoms with Crippen molar-refractivity contribution >= 4 is 17.2 Å². The molecule has 2 N–H and O–H groups in total. The van der Waals surface area contributed by atoms with Crippen molar-refractivity contribution < 1.29 is 14.6 Å². The SMILES string of the molecule is Cc1ccc(-c2cc(O)c3c(c2)CN(CC(=O)NC2CC2)CCO3)s1. The lowest BCUT2D eigenvalue weighted by atomic mass is 10.1. The van der Waals surface area contributed by atoms with Crippen LogP contribution in [0.3, 0.4) is 0 Å². The molecule has 0 bridgehead atoms. The highest BCUT2D eigenvalue weighted by atomic mass is 32.1. The number of nitrogens with zero attached hydrogens (tertiary/aromatic N) is 1. The van der Waals surface area contributed by atoms with E-state index in [4.69, 9.17) is 4.74 Å². The molecule has 6 heteroatoms. The zero-order valence-corrected chi connectivity index (χ0v) is 15.1. The van der Waals surface area contributed by atoms with Crippen molar-refractivity contribution in [2.75, 3.05) is 19.7 Å². The summed E-state index contributed by atoms with van der Waals surface area (Å²) in [6.07, 6.45) is 2.18. The molecule has 0 spiro atoms. The second kappa shape index (κ2) is 6.69. The van der Waals surface area contributed by atoms with Crippen LogP contribution >= 0.6 is 11.3 Å². The maximum Gasteiger partial charge on any atom is 0.234 e. The fraction of sp³-hybridized carbons (Fsp3) is 0.421. The first-order valence-electron chi connectivity index (χ1n) is 8.66. The number of nitrogens with one attached hydrogen (secondary N) is 1. The minimum atomic E-state index is 0.0696. The Labute approximate surface area is 151 Å². The fourth-order valence-corrected chi connectivity index (χ4v) is 3.98. The van der Waals surface area contributed by atoms with Crippen LogP contribution in [-0.2, 0) is 11.3 Å². The van der Waals surface area contributed by atoms with Crippen molar-refractivity contribution in [1.82, 2.24) is 10.2 Å². The molecule has 1 aromatic carbocycles. The predicted molar refractivity (Wildman–Crippen MR) is 98.1 cm³/mol. The van der Waals surface area contributed by atoms with E-state index < -0.39 is 0 Å². The summed E-state index contributed by atoms with van der Waals surface area (Å²) in [7, 11) is 0. The number of carbonyl (C=O) groups excluding carboxylic acids is 1. The van der Waals surface area contributed by atoms with E-state index in [1.165, 1.54) is 4.88 Å². The van der Waals surface area contributed by atoms with Gasteiger partial charge in [0.2, 0.25) is 5.91 Å². The van der Waals surface area contributed by atoms with Crippen LogP contribution in [0.15, 0.2) is 24.3 Å². The van der Waals surface area contributed by atoms with Gasteiger partial charge in [-0.1, -0.05) is 0 Å². The molecule has 4 rings (SSSR count). The van der Waals surface area contributed by atoms with Crippen LogP contribution in [0.4, 0.5) is 0 Å². The number of thiophene rings is 1. The van der Waals surface area contributed by atoms with Gasteiger partial charge in [0.1, 0.15) is 6.61 Å². The Bertz CT molecular complexity index is 798. The van der Waals surface area contributed by atoms with Gasteiger partial charge in [0.05, 0.1) is 6.54 Å². The topological polar surface area (TPSA) is 61.8 Å². The molecule has 0 radical (unpaired) electrons. The van der Waals surface area contributed by atoms with Crippen molar-refractivity contribution in [2.24, 2.45) is 0 Å². The molecule has 0 atom stereocenters. The van der Waals surface area contributed by atoms with Gasteiger partial charge in [-0.05, 0) is 49.6 Å². The Balaban J connectivity index is 1.56. The van der Waals surface area contributed by atoms with Gasteiger partial charge in [0, 0.05) is 34.4 Å². The summed E-state index contributed by atoms with van der Waals surface area (Å²) in [6, 6.07) is 8.35. The van der Waals surface area contributed by atoms with E-state index in [2.05, 4.69) is 35.3 Å². The largest absolute Gasteiger partial charge is 0.504 e. The molecule has 1 aliphatic carbocycles. The third-order valence-corrected chi connectivity index (χ3v) is 5.58. The third-order valence-electron chi connectivity index (χ3n) is 4.53. The molecule has 1 fully saturated rings. The summed E-state index contributed by atoms with van der Waals surface area (Å²) >= 11 is 1.70. The normalized spacial score (nSPS) is 17.5. The second-order valence-electron chi connectivity index (χ2n) is 6.79. The number of phenolic OH excluding ortho intramolecular Hbond substituents is 1. The number of aromatic hydroxyl groups is 1. The number of hydrogen-bond donors (Lipinski definition) is 2. The van der Waals surface area contributed by atoms with Crippen molar-refractivity contribution in [3.63, 3.8) is 0 Å². The van der Waals surface area contributed by atoms with Crippen molar-refractivity contribution in [2.45, 2.75) is 32.4 Å². The molecule has 0 unspecified atom stereocenters. The molecule has 1 amide bonds. The number of ether oxygens (including phenoxy) is 1. The summed E-state index contributed by atoms with van der Waals surface area (Å²) < 4.78 is 5.76. The van der Waals surface area contributed by atoms with Gasteiger partial charge in [-0.3, -0.25) is 9.69 Å². The maximum absolute atomic E-state index is 12.1. The lowest BCUT2D eigenvalue weighted by Gasteiger charge is -2.19. The average Bonchev–Trinajstić information content (AvgIpc) is 3.30. The highest BCUT2D eigenvalue weighted by molar-refractivity contribution is 7.15. The Hall–Kier alpha value is -2.05. The van der Waals surface area contributed by atoms with Crippen molar-refractivity contribution in [1.29, 1.82) is 0 Å². The van der Waals surface area contributed by atoms with Crippen molar-refractivity contribution in [3.05, 3.63) is 34.7 Å². The minimum absolute atomic E-state index is 0.0696. The van der Waals surface area contributed by atoms with Gasteiger partial charge in [-0.25, -0.2) is 0 Å². The van der Waals surface area contributed by atoms with Gasteiger partial charge in [-0.15, -0.1) is 11.3 Å². The highest BCUT2D eigenvalue weighted by Crippen LogP contribution is 2.39. The van der Waals surface area contributed by atoms with Crippen LogP contribution in [0.2, 0.25) is 0 Å². The first-order chi connectivity index (χ1) is 12.1. The molecular formula is C19H22N2O3S. The number of carbonyl (C=O) groups is 1. The smallest absolute Gasteiger partial charge is 0.234 e. The minimum Gasteiger partial charge on any atom is -0.504 e. The first-order valence-corrected chi connectivity index (χ1v) is 9.47. The molecular weight excluding hydrogens is 336 g/mol. The standard InChI is InChI=1S/C19H22N2O3S/c1-12-2-5-17(25-12)13-8-14-10-21(11-18(23)20-15-3-4-15)6-7-24-19(14)16(22)9-13/h2,5,8-9,15,22H,3-4,6-7,10-11H2,1H3,(H,20,23). The maximum atomic E-state index is 12.1. The Morgan fingerprint density at radius 1 is 1.40 bits per heavy atom. The summed E-state index contributed by atoms with van der Waals surface area (Å²) in [5.74, 6) is 0.783. The van der Waals surface area contributed by atoms with E-state index in [1.807, 2.05) is 0 Å². The van der Waals surface area contributed by atoms with Gasteiger partial charge in [0.25, 0.3) is 0 Å². The first kappa shape index (κ1) is 16.4. The fourth-order valence-electron chi connectivity index (χ4n) is 3.12. The summed E-state index contributed by atoms with van der Waals surface area (Å²) in [5.41, 5.74) is 1.92. The van der Waals surface area contributed by atoms with E-state index in [9.17, 15) is 9.90 Å². The van der Waals surface area contributed by atoms with Gasteiger partial charge >= 0.3 is 0 Å². The number of amides is 1. The third kappa shape index (κ3) is 3.80. The molecule has 2 heterocycles. The number of rotatable bonds is 4. The summed E-state index contributed by atoms with van der Waals surface area (Å²) in [5, 5.41) is 13.4. The lowest BCUT2D eigenvalue weighted by Crippen LogP contribution is -2.38. The number of fused-ring (bicyclic) bond motifs is 1. The highest BCUT2D eigenvalue weighted by Gasteiger charge is 2.25. The van der Waals surface area contributed by atoms with Crippen LogP contribution < -0.4 is 10.1 Å². The van der Waals surface area contributed by atoms with E-state index in [0.717, 1.165) is 28.8 Å². The zero-order chi connectivity index (χ0) is 17.4. The van der Waals surface area contributed by atoms with E-state index in [1.54, 1.807) is 17.4 Å². The van der Waals surface area contributed by atoms with Crippen LogP contribution in [-0.4, -0.2) is 41.7 Å². The Morgan fingerprint density at radius 3 is 2.96 bits per heavy atom. The van der Waals surface area contributed by atoms with E-state index in [0.29, 0.717) is 38.0 Å². The van der Waals surface area contributed by atoms with Crippen molar-refractivity contribution in [3.8, 4) is 21.9 Å². The van der Waals surface area contributed by atoms with Gasteiger partial charge < -0.3 is 15.2 Å². The Morgan fingerprint density at radius 2 is 2.24 bits per heavy atom. The quantitative estimate of drug-likeness (QED) is 0.882. The van der Waals surface area contributed by atoms with Gasteiger partial charge in [-0.2, -0.15) is 0 Å². The van der Waals surface area contributed by atoms with Crippen LogP contribution in [0.25, 0.3) is 10.4 Å². The molecule has 25 heavy (non-hydrogen) atoms. The van der Waals surface area contributed by atoms with Crippen LogP contribution in [0, 0.1) is 6.92 Å². The second-order valence-corrected chi connectivity index (χ2v) is 8.08. The number of hydrogen-bond acceptors (Lipinski definition) is 5. The van der Waals surface area contributed by atoms with Gasteiger partial charge in [0.15, 0.2) is 11.5 Å². The Kier molecular flexibility index (Phi) is 4.39. The molecule has 2 aliphatic rings. The molecule has 5 nitrogen and oxygen atoms in total. The average molecular weight is 358 g/mol. The summed E-state index contributed by atoms with van der Waals surface area (Å²) in [4.78, 5) is 16.5. The molecule has 0 saturated heterocycles. The molecule has 1 aliphatic heterocycles. The molecule has 1 aromatic heterocycles. The zero-order valence-electron chi connectivity index (χ0n) is 14.2. The molecule has 1 saturated carbocycles. The lowest BCUT2D eigenvalue weighted by molar-refractivity contribution is -0.122. The predicted octanol–water partition coefficient (Wildman–Crippen LogP) is 2.90. The molecule has 132 valence electrons. The monoisotopic (exact) mass is 358 g/mol. The number of aryl methyl sites for hydroxylation is 1. The van der Waals surface area contributed by atoms with E-state index >= 15 is 0 Å². The summed E-state index contributed by atoms with van der Waals surface area (Å²) in [6.45, 7) is 4.16. The number of phenols is 1. The van der Waals surface area contributed by atoms with Crippen LogP contribution in [0.1, 0.15) is 23.3 Å². The molecule has 2 aromatic rings.